The highest BCUT2D eigenvalue weighted by Gasteiger charge is 2.04. The molecule has 1 aromatic rings. The average molecular weight is 196 g/mol. The summed E-state index contributed by atoms with van der Waals surface area (Å²) in [6, 6.07) is 3.91. The zero-order valence-corrected chi connectivity index (χ0v) is 9.05. The van der Waals surface area contributed by atoms with Crippen molar-refractivity contribution in [3.8, 4) is 0 Å². The van der Waals surface area contributed by atoms with E-state index < -0.39 is 0 Å². The third-order valence-electron chi connectivity index (χ3n) is 2.38. The van der Waals surface area contributed by atoms with Crippen molar-refractivity contribution in [3.63, 3.8) is 0 Å². The summed E-state index contributed by atoms with van der Waals surface area (Å²) in [5, 5.41) is 6.59. The number of rotatable bonds is 7. The summed E-state index contributed by atoms with van der Waals surface area (Å²) >= 11 is 0. The third kappa shape index (κ3) is 3.94. The SMILES string of the molecule is CCC(CNC)CNCc1ccco1. The maximum absolute atomic E-state index is 5.23. The molecular formula is C11H20N2O. The van der Waals surface area contributed by atoms with Crippen LogP contribution in [0, 0.1) is 5.92 Å². The normalized spacial score (nSPS) is 13.0. The zero-order valence-electron chi connectivity index (χ0n) is 9.05. The van der Waals surface area contributed by atoms with Crippen molar-refractivity contribution in [2.45, 2.75) is 19.9 Å². The second kappa shape index (κ2) is 6.62. The number of nitrogens with one attached hydrogen (secondary N) is 2. The molecule has 1 rings (SSSR count). The Bertz CT molecular complexity index is 221. The van der Waals surface area contributed by atoms with Gasteiger partial charge in [-0.3, -0.25) is 0 Å². The Morgan fingerprint density at radius 1 is 1.43 bits per heavy atom. The van der Waals surface area contributed by atoms with Gasteiger partial charge in [0.1, 0.15) is 5.76 Å². The van der Waals surface area contributed by atoms with Crippen molar-refractivity contribution in [3.05, 3.63) is 24.2 Å². The van der Waals surface area contributed by atoms with Crippen molar-refractivity contribution in [2.75, 3.05) is 20.1 Å². The van der Waals surface area contributed by atoms with E-state index in [2.05, 4.69) is 17.6 Å². The van der Waals surface area contributed by atoms with Crippen LogP contribution in [0.25, 0.3) is 0 Å². The first-order valence-corrected chi connectivity index (χ1v) is 5.24. The van der Waals surface area contributed by atoms with Crippen molar-refractivity contribution in [1.82, 2.24) is 10.6 Å². The van der Waals surface area contributed by atoms with Crippen LogP contribution in [0.15, 0.2) is 22.8 Å². The molecule has 0 radical (unpaired) electrons. The molecule has 0 aromatic carbocycles. The Morgan fingerprint density at radius 2 is 2.29 bits per heavy atom. The molecule has 1 unspecified atom stereocenters. The molecule has 80 valence electrons. The van der Waals surface area contributed by atoms with Gasteiger partial charge in [-0.15, -0.1) is 0 Å². The van der Waals surface area contributed by atoms with Crippen LogP contribution < -0.4 is 10.6 Å². The fourth-order valence-corrected chi connectivity index (χ4v) is 1.46. The van der Waals surface area contributed by atoms with Crippen LogP contribution in [0.2, 0.25) is 0 Å². The predicted molar refractivity (Wildman–Crippen MR) is 58.1 cm³/mol. The number of hydrogen-bond donors (Lipinski definition) is 2. The molecule has 0 aliphatic carbocycles. The molecule has 1 aromatic heterocycles. The van der Waals surface area contributed by atoms with Crippen molar-refractivity contribution in [1.29, 1.82) is 0 Å². The van der Waals surface area contributed by atoms with E-state index in [1.54, 1.807) is 6.26 Å². The van der Waals surface area contributed by atoms with Crippen LogP contribution in [0.4, 0.5) is 0 Å². The van der Waals surface area contributed by atoms with Gasteiger partial charge in [-0.2, -0.15) is 0 Å². The molecule has 0 fully saturated rings. The summed E-state index contributed by atoms with van der Waals surface area (Å²) in [5.41, 5.74) is 0. The lowest BCUT2D eigenvalue weighted by Crippen LogP contribution is -2.29. The largest absolute Gasteiger partial charge is 0.468 e. The van der Waals surface area contributed by atoms with Crippen molar-refractivity contribution >= 4 is 0 Å². The van der Waals surface area contributed by atoms with Crippen LogP contribution in [0.3, 0.4) is 0 Å². The first kappa shape index (κ1) is 11.3. The predicted octanol–water partition coefficient (Wildman–Crippen LogP) is 1.61. The molecule has 0 amide bonds. The van der Waals surface area contributed by atoms with Gasteiger partial charge in [-0.05, 0) is 38.2 Å². The Kier molecular flexibility index (Phi) is 5.33. The van der Waals surface area contributed by atoms with Gasteiger partial charge >= 0.3 is 0 Å². The minimum atomic E-state index is 0.704. The smallest absolute Gasteiger partial charge is 0.117 e. The van der Waals surface area contributed by atoms with Crippen LogP contribution in [0.5, 0.6) is 0 Å². The maximum atomic E-state index is 5.23. The molecule has 0 bridgehead atoms. The number of furan rings is 1. The monoisotopic (exact) mass is 196 g/mol. The second-order valence-electron chi connectivity index (χ2n) is 3.54. The van der Waals surface area contributed by atoms with E-state index >= 15 is 0 Å². The van der Waals surface area contributed by atoms with E-state index in [0.717, 1.165) is 25.4 Å². The fraction of sp³-hybridized carbons (Fsp3) is 0.636. The summed E-state index contributed by atoms with van der Waals surface area (Å²) in [4.78, 5) is 0. The summed E-state index contributed by atoms with van der Waals surface area (Å²) in [5.74, 6) is 1.71. The molecule has 3 heteroatoms. The molecule has 3 nitrogen and oxygen atoms in total. The molecule has 0 aliphatic heterocycles. The van der Waals surface area contributed by atoms with E-state index in [1.807, 2.05) is 19.2 Å². The third-order valence-corrected chi connectivity index (χ3v) is 2.38. The first-order valence-electron chi connectivity index (χ1n) is 5.24. The highest BCUT2D eigenvalue weighted by atomic mass is 16.3. The van der Waals surface area contributed by atoms with Gasteiger partial charge in [0, 0.05) is 0 Å². The minimum Gasteiger partial charge on any atom is -0.468 e. The molecule has 1 atom stereocenters. The molecule has 1 heterocycles. The Balaban J connectivity index is 2.13. The van der Waals surface area contributed by atoms with E-state index in [-0.39, 0.29) is 0 Å². The summed E-state index contributed by atoms with van der Waals surface area (Å²) < 4.78 is 5.23. The molecule has 14 heavy (non-hydrogen) atoms. The van der Waals surface area contributed by atoms with Gasteiger partial charge in [-0.25, -0.2) is 0 Å². The van der Waals surface area contributed by atoms with E-state index in [9.17, 15) is 0 Å². The lowest BCUT2D eigenvalue weighted by molar-refractivity contribution is 0.420. The number of hydrogen-bond acceptors (Lipinski definition) is 3. The highest BCUT2D eigenvalue weighted by molar-refractivity contribution is 4.97. The second-order valence-corrected chi connectivity index (χ2v) is 3.54. The lowest BCUT2D eigenvalue weighted by Gasteiger charge is -2.14. The summed E-state index contributed by atoms with van der Waals surface area (Å²) in [6.45, 7) is 5.16. The Hall–Kier alpha value is -0.800. The fourth-order valence-electron chi connectivity index (χ4n) is 1.46. The van der Waals surface area contributed by atoms with E-state index in [1.165, 1.54) is 6.42 Å². The maximum Gasteiger partial charge on any atom is 0.117 e. The van der Waals surface area contributed by atoms with E-state index in [4.69, 9.17) is 4.42 Å². The highest BCUT2D eigenvalue weighted by Crippen LogP contribution is 2.01. The van der Waals surface area contributed by atoms with Gasteiger partial charge in [0.05, 0.1) is 12.8 Å². The zero-order chi connectivity index (χ0) is 10.2. The molecule has 0 saturated heterocycles. The first-order chi connectivity index (χ1) is 6.86. The van der Waals surface area contributed by atoms with Gasteiger partial charge in [0.25, 0.3) is 0 Å². The average Bonchev–Trinajstić information content (AvgIpc) is 2.69. The standard InChI is InChI=1S/C11H20N2O/c1-3-10(7-12-2)8-13-9-11-5-4-6-14-11/h4-6,10,12-13H,3,7-9H2,1-2H3. The van der Waals surface area contributed by atoms with E-state index in [0.29, 0.717) is 5.92 Å². The molecule has 0 saturated carbocycles. The quantitative estimate of drug-likeness (QED) is 0.696. The van der Waals surface area contributed by atoms with Gasteiger partial charge < -0.3 is 15.1 Å². The molecular weight excluding hydrogens is 176 g/mol. The van der Waals surface area contributed by atoms with Crippen molar-refractivity contribution < 1.29 is 4.42 Å². The van der Waals surface area contributed by atoms with Crippen LogP contribution in [-0.2, 0) is 6.54 Å². The summed E-state index contributed by atoms with van der Waals surface area (Å²) in [7, 11) is 2.00. The van der Waals surface area contributed by atoms with Crippen LogP contribution in [0.1, 0.15) is 19.1 Å². The van der Waals surface area contributed by atoms with Gasteiger partial charge in [0.2, 0.25) is 0 Å². The van der Waals surface area contributed by atoms with Crippen LogP contribution >= 0.6 is 0 Å². The van der Waals surface area contributed by atoms with Crippen LogP contribution in [-0.4, -0.2) is 20.1 Å². The topological polar surface area (TPSA) is 37.2 Å². The Morgan fingerprint density at radius 3 is 2.86 bits per heavy atom. The van der Waals surface area contributed by atoms with Crippen molar-refractivity contribution in [2.24, 2.45) is 5.92 Å². The van der Waals surface area contributed by atoms with Gasteiger partial charge in [-0.1, -0.05) is 13.3 Å². The molecule has 2 N–H and O–H groups in total. The summed E-state index contributed by atoms with van der Waals surface area (Å²) in [6.07, 6.45) is 2.91. The Labute approximate surface area is 85.9 Å². The lowest BCUT2D eigenvalue weighted by atomic mass is 10.1. The minimum absolute atomic E-state index is 0.704. The molecule has 0 spiro atoms. The van der Waals surface area contributed by atoms with Gasteiger partial charge in [0.15, 0.2) is 0 Å². The molecule has 0 aliphatic rings.